The van der Waals surface area contributed by atoms with Gasteiger partial charge in [0.15, 0.2) is 0 Å². The van der Waals surface area contributed by atoms with Crippen LogP contribution in [0.2, 0.25) is 0 Å². The van der Waals surface area contributed by atoms with E-state index in [1.807, 2.05) is 0 Å². The first-order valence-corrected chi connectivity index (χ1v) is 6.33. The molecule has 1 unspecified atom stereocenters. The SMILES string of the molecule is CCCCPOc1cccc(C)c1C. The topological polar surface area (TPSA) is 9.23 Å². The summed E-state index contributed by atoms with van der Waals surface area (Å²) in [6.45, 7) is 6.45. The molecule has 0 amide bonds. The molecule has 2 heteroatoms. The van der Waals surface area contributed by atoms with Crippen molar-refractivity contribution in [3.05, 3.63) is 29.3 Å². The fraction of sp³-hybridized carbons (Fsp3) is 0.500. The highest BCUT2D eigenvalue weighted by atomic mass is 31.1. The Bertz CT molecular complexity index is 284. The summed E-state index contributed by atoms with van der Waals surface area (Å²) >= 11 is 0. The van der Waals surface area contributed by atoms with Crippen molar-refractivity contribution in [3.8, 4) is 5.75 Å². The minimum atomic E-state index is 0.609. The molecule has 0 radical (unpaired) electrons. The van der Waals surface area contributed by atoms with E-state index in [1.165, 1.54) is 30.1 Å². The molecule has 0 aliphatic rings. The molecule has 0 saturated heterocycles. The minimum absolute atomic E-state index is 0.609. The third-order valence-electron chi connectivity index (χ3n) is 2.37. The van der Waals surface area contributed by atoms with Crippen LogP contribution in [0.15, 0.2) is 18.2 Å². The van der Waals surface area contributed by atoms with Gasteiger partial charge in [0.2, 0.25) is 0 Å². The zero-order chi connectivity index (χ0) is 10.4. The normalized spacial score (nSPS) is 11.1. The summed E-state index contributed by atoms with van der Waals surface area (Å²) in [5.74, 6) is 1.06. The van der Waals surface area contributed by atoms with Crippen molar-refractivity contribution in [2.24, 2.45) is 0 Å². The van der Waals surface area contributed by atoms with Crippen LogP contribution in [0.1, 0.15) is 30.9 Å². The molecule has 0 saturated carbocycles. The first-order valence-electron chi connectivity index (χ1n) is 5.21. The summed E-state index contributed by atoms with van der Waals surface area (Å²) in [6.07, 6.45) is 3.70. The Labute approximate surface area is 88.7 Å². The Morgan fingerprint density at radius 1 is 1.29 bits per heavy atom. The minimum Gasteiger partial charge on any atom is -0.477 e. The largest absolute Gasteiger partial charge is 0.477 e. The van der Waals surface area contributed by atoms with Crippen LogP contribution in [0.4, 0.5) is 0 Å². The molecule has 1 aromatic rings. The van der Waals surface area contributed by atoms with Crippen LogP contribution in [0.3, 0.4) is 0 Å². The maximum Gasteiger partial charge on any atom is 0.126 e. The van der Waals surface area contributed by atoms with Crippen LogP contribution in [-0.4, -0.2) is 6.16 Å². The first-order chi connectivity index (χ1) is 6.75. The Balaban J connectivity index is 2.46. The van der Waals surface area contributed by atoms with Crippen molar-refractivity contribution in [3.63, 3.8) is 0 Å². The zero-order valence-electron chi connectivity index (χ0n) is 9.26. The molecule has 0 bridgehead atoms. The maximum absolute atomic E-state index is 5.75. The molecule has 0 fully saturated rings. The molecule has 1 nitrogen and oxygen atoms in total. The van der Waals surface area contributed by atoms with E-state index in [4.69, 9.17) is 4.52 Å². The van der Waals surface area contributed by atoms with Gasteiger partial charge in [-0.05, 0) is 37.5 Å². The summed E-state index contributed by atoms with van der Waals surface area (Å²) in [5.41, 5.74) is 2.58. The van der Waals surface area contributed by atoms with Gasteiger partial charge < -0.3 is 4.52 Å². The van der Waals surface area contributed by atoms with E-state index < -0.39 is 0 Å². The fourth-order valence-electron chi connectivity index (χ4n) is 1.21. The summed E-state index contributed by atoms with van der Waals surface area (Å²) < 4.78 is 5.75. The quantitative estimate of drug-likeness (QED) is 0.525. The van der Waals surface area contributed by atoms with Gasteiger partial charge in [0, 0.05) is 6.16 Å². The molecule has 0 aliphatic carbocycles. The van der Waals surface area contributed by atoms with E-state index in [2.05, 4.69) is 39.0 Å². The van der Waals surface area contributed by atoms with E-state index >= 15 is 0 Å². The van der Waals surface area contributed by atoms with Gasteiger partial charge in [-0.2, -0.15) is 0 Å². The first kappa shape index (κ1) is 11.5. The summed E-state index contributed by atoms with van der Waals surface area (Å²) in [6, 6.07) is 6.24. The molecule has 78 valence electrons. The van der Waals surface area contributed by atoms with Crippen molar-refractivity contribution in [1.29, 1.82) is 0 Å². The monoisotopic (exact) mass is 210 g/mol. The Kier molecular flexibility index (Phi) is 4.97. The van der Waals surface area contributed by atoms with E-state index in [-0.39, 0.29) is 0 Å². The summed E-state index contributed by atoms with van der Waals surface area (Å²) in [4.78, 5) is 0. The molecular weight excluding hydrogens is 191 g/mol. The molecule has 0 heterocycles. The summed E-state index contributed by atoms with van der Waals surface area (Å²) in [5, 5.41) is 0. The smallest absolute Gasteiger partial charge is 0.126 e. The van der Waals surface area contributed by atoms with Crippen molar-refractivity contribution in [2.45, 2.75) is 33.6 Å². The average Bonchev–Trinajstić information content (AvgIpc) is 2.19. The molecule has 1 rings (SSSR count). The van der Waals surface area contributed by atoms with Crippen LogP contribution < -0.4 is 4.52 Å². The highest BCUT2D eigenvalue weighted by Gasteiger charge is 2.00. The van der Waals surface area contributed by atoms with Gasteiger partial charge in [-0.15, -0.1) is 0 Å². The van der Waals surface area contributed by atoms with Crippen LogP contribution in [0.25, 0.3) is 0 Å². The standard InChI is InChI=1S/C12H19OP/c1-4-5-9-14-13-12-8-6-7-10(2)11(12)3/h6-8,14H,4-5,9H2,1-3H3. The molecule has 1 aromatic carbocycles. The number of hydrogen-bond donors (Lipinski definition) is 0. The maximum atomic E-state index is 5.75. The molecule has 14 heavy (non-hydrogen) atoms. The number of rotatable bonds is 5. The second-order valence-corrected chi connectivity index (χ2v) is 4.54. The molecule has 0 aliphatic heterocycles. The van der Waals surface area contributed by atoms with Gasteiger partial charge in [-0.3, -0.25) is 0 Å². The van der Waals surface area contributed by atoms with Crippen LogP contribution in [0, 0.1) is 13.8 Å². The van der Waals surface area contributed by atoms with Gasteiger partial charge in [0.25, 0.3) is 0 Å². The molecular formula is C12H19OP. The lowest BCUT2D eigenvalue weighted by atomic mass is 10.1. The average molecular weight is 210 g/mol. The molecule has 0 spiro atoms. The number of hydrogen-bond acceptors (Lipinski definition) is 1. The van der Waals surface area contributed by atoms with E-state index in [0.717, 1.165) is 5.75 Å². The third-order valence-corrected chi connectivity index (χ3v) is 3.29. The number of benzene rings is 1. The van der Waals surface area contributed by atoms with Gasteiger partial charge >= 0.3 is 0 Å². The van der Waals surface area contributed by atoms with Gasteiger partial charge in [-0.25, -0.2) is 0 Å². The lowest BCUT2D eigenvalue weighted by Gasteiger charge is -2.09. The van der Waals surface area contributed by atoms with Crippen LogP contribution in [0.5, 0.6) is 5.75 Å². The van der Waals surface area contributed by atoms with E-state index in [1.54, 1.807) is 0 Å². The molecule has 0 aromatic heterocycles. The zero-order valence-corrected chi connectivity index (χ0v) is 10.3. The predicted molar refractivity (Wildman–Crippen MR) is 64.6 cm³/mol. The second kappa shape index (κ2) is 6.03. The van der Waals surface area contributed by atoms with Crippen molar-refractivity contribution < 1.29 is 4.52 Å². The van der Waals surface area contributed by atoms with Gasteiger partial charge in [-0.1, -0.05) is 25.5 Å². The van der Waals surface area contributed by atoms with Crippen molar-refractivity contribution >= 4 is 8.81 Å². The third kappa shape index (κ3) is 3.31. The Morgan fingerprint density at radius 3 is 2.79 bits per heavy atom. The lowest BCUT2D eigenvalue weighted by Crippen LogP contribution is -1.88. The van der Waals surface area contributed by atoms with Crippen molar-refractivity contribution in [1.82, 2.24) is 0 Å². The van der Waals surface area contributed by atoms with E-state index in [9.17, 15) is 0 Å². The van der Waals surface area contributed by atoms with Crippen LogP contribution in [-0.2, 0) is 0 Å². The Hall–Kier alpha value is -0.550. The lowest BCUT2D eigenvalue weighted by molar-refractivity contribution is 0.620. The Morgan fingerprint density at radius 2 is 2.07 bits per heavy atom. The predicted octanol–water partition coefficient (Wildman–Crippen LogP) is 4.08. The van der Waals surface area contributed by atoms with Gasteiger partial charge in [0.05, 0.1) is 8.81 Å². The van der Waals surface area contributed by atoms with Crippen LogP contribution >= 0.6 is 8.81 Å². The van der Waals surface area contributed by atoms with E-state index in [0.29, 0.717) is 8.81 Å². The fourth-order valence-corrected chi connectivity index (χ4v) is 2.19. The molecule has 0 N–H and O–H groups in total. The molecule has 1 atom stereocenters. The number of unbranched alkanes of at least 4 members (excludes halogenated alkanes) is 1. The second-order valence-electron chi connectivity index (χ2n) is 3.55. The van der Waals surface area contributed by atoms with Gasteiger partial charge in [0.1, 0.15) is 5.75 Å². The summed E-state index contributed by atoms with van der Waals surface area (Å²) in [7, 11) is 0.609. The number of aryl methyl sites for hydroxylation is 1. The van der Waals surface area contributed by atoms with Crippen molar-refractivity contribution in [2.75, 3.05) is 6.16 Å². The highest BCUT2D eigenvalue weighted by Crippen LogP contribution is 2.27. The highest BCUT2D eigenvalue weighted by molar-refractivity contribution is 7.32.